The van der Waals surface area contributed by atoms with Crippen LogP contribution in [0, 0.1) is 5.82 Å². The first kappa shape index (κ1) is 23.5. The molecule has 7 nitrogen and oxygen atoms in total. The van der Waals surface area contributed by atoms with Crippen LogP contribution in [0.4, 0.5) is 4.39 Å². The number of carbonyl (C=O) groups excluding carboxylic acids is 1. The average Bonchev–Trinajstić information content (AvgIpc) is 3.52. The smallest absolute Gasteiger partial charge is 0.337 e. The molecule has 2 aromatic heterocycles. The standard InChI is InChI=1S/C25H23FN2O5S/c1-15(14-30-2)32-18-10-17(21-5-6-22(28-21)24-27-8-9-34-24)11-19(13-18)33-23-7-4-16(12-20(23)26)25(29)31-3/h4-13,15,28H,14H2,1-3H3/t15-/m0/s1. The van der Waals surface area contributed by atoms with Gasteiger partial charge in [0.05, 0.1) is 25.0 Å². The maximum atomic E-state index is 14.6. The molecule has 1 atom stereocenters. The Balaban J connectivity index is 1.67. The highest BCUT2D eigenvalue weighted by molar-refractivity contribution is 7.13. The summed E-state index contributed by atoms with van der Waals surface area (Å²) >= 11 is 1.53. The zero-order valence-electron chi connectivity index (χ0n) is 18.8. The summed E-state index contributed by atoms with van der Waals surface area (Å²) in [6.07, 6.45) is 1.54. The Kier molecular flexibility index (Phi) is 7.24. The molecule has 4 rings (SSSR count). The average molecular weight is 483 g/mol. The Labute approximate surface area is 200 Å². The van der Waals surface area contributed by atoms with E-state index in [4.69, 9.17) is 14.2 Å². The summed E-state index contributed by atoms with van der Waals surface area (Å²) in [5.74, 6) is -0.440. The second-order valence-corrected chi connectivity index (χ2v) is 8.33. The molecule has 0 aliphatic heterocycles. The fourth-order valence-electron chi connectivity index (χ4n) is 3.36. The second-order valence-electron chi connectivity index (χ2n) is 7.44. The molecule has 0 unspecified atom stereocenters. The Morgan fingerprint density at radius 3 is 2.59 bits per heavy atom. The SMILES string of the molecule is COC[C@H](C)Oc1cc(Oc2ccc(C(=O)OC)cc2F)cc(-c2ccc(-c3nccs3)[nH]2)c1. The van der Waals surface area contributed by atoms with Crippen LogP contribution < -0.4 is 9.47 Å². The number of halogens is 1. The molecular formula is C25H23FN2O5S. The first-order valence-corrected chi connectivity index (χ1v) is 11.3. The summed E-state index contributed by atoms with van der Waals surface area (Å²) in [6, 6.07) is 13.1. The first-order valence-electron chi connectivity index (χ1n) is 10.4. The molecule has 0 aliphatic carbocycles. The van der Waals surface area contributed by atoms with Gasteiger partial charge in [-0.25, -0.2) is 14.2 Å². The van der Waals surface area contributed by atoms with Crippen LogP contribution in [-0.4, -0.2) is 42.9 Å². The van der Waals surface area contributed by atoms with Gasteiger partial charge in [0.25, 0.3) is 0 Å². The fraction of sp³-hybridized carbons (Fsp3) is 0.200. The van der Waals surface area contributed by atoms with Gasteiger partial charge in [-0.1, -0.05) is 0 Å². The van der Waals surface area contributed by atoms with Gasteiger partial charge in [-0.3, -0.25) is 0 Å². The molecular weight excluding hydrogens is 459 g/mol. The first-order chi connectivity index (χ1) is 16.5. The van der Waals surface area contributed by atoms with E-state index in [-0.39, 0.29) is 17.4 Å². The number of H-pyrrole nitrogens is 1. The van der Waals surface area contributed by atoms with Crippen LogP contribution in [0.2, 0.25) is 0 Å². The predicted octanol–water partition coefficient (Wildman–Crippen LogP) is 5.94. The van der Waals surface area contributed by atoms with Gasteiger partial charge in [0.2, 0.25) is 0 Å². The Morgan fingerprint density at radius 2 is 1.88 bits per heavy atom. The summed E-state index contributed by atoms with van der Waals surface area (Å²) in [5.41, 5.74) is 2.59. The van der Waals surface area contributed by atoms with E-state index in [1.54, 1.807) is 25.4 Å². The van der Waals surface area contributed by atoms with Crippen molar-refractivity contribution in [2.75, 3.05) is 20.8 Å². The normalized spacial score (nSPS) is 11.8. The molecule has 0 fully saturated rings. The van der Waals surface area contributed by atoms with Crippen molar-refractivity contribution < 1.29 is 28.1 Å². The van der Waals surface area contributed by atoms with Gasteiger partial charge in [0.15, 0.2) is 11.6 Å². The number of thiazole rings is 1. The van der Waals surface area contributed by atoms with Crippen molar-refractivity contribution in [3.05, 3.63) is 71.5 Å². The van der Waals surface area contributed by atoms with Gasteiger partial charge >= 0.3 is 5.97 Å². The van der Waals surface area contributed by atoms with E-state index in [1.165, 1.54) is 30.6 Å². The molecule has 34 heavy (non-hydrogen) atoms. The van der Waals surface area contributed by atoms with E-state index in [1.807, 2.05) is 30.5 Å². The molecule has 0 aliphatic rings. The van der Waals surface area contributed by atoms with E-state index < -0.39 is 11.8 Å². The van der Waals surface area contributed by atoms with E-state index >= 15 is 0 Å². The summed E-state index contributed by atoms with van der Waals surface area (Å²) in [6.45, 7) is 2.29. The molecule has 4 aromatic rings. The van der Waals surface area contributed by atoms with Crippen LogP contribution in [0.1, 0.15) is 17.3 Å². The quantitative estimate of drug-likeness (QED) is 0.298. The molecule has 0 saturated heterocycles. The maximum absolute atomic E-state index is 14.6. The Bertz CT molecular complexity index is 1270. The number of nitrogens with one attached hydrogen (secondary N) is 1. The van der Waals surface area contributed by atoms with Gasteiger partial charge in [0.1, 0.15) is 22.6 Å². The lowest BCUT2D eigenvalue weighted by atomic mass is 10.1. The highest BCUT2D eigenvalue weighted by Crippen LogP contribution is 2.35. The lowest BCUT2D eigenvalue weighted by Crippen LogP contribution is -2.17. The van der Waals surface area contributed by atoms with Crippen molar-refractivity contribution in [3.63, 3.8) is 0 Å². The van der Waals surface area contributed by atoms with E-state index in [0.717, 1.165) is 28.0 Å². The van der Waals surface area contributed by atoms with Crippen molar-refractivity contribution in [2.24, 2.45) is 0 Å². The molecule has 0 amide bonds. The van der Waals surface area contributed by atoms with Crippen LogP contribution in [0.15, 0.2) is 60.1 Å². The Hall–Kier alpha value is -3.69. The number of benzene rings is 2. The lowest BCUT2D eigenvalue weighted by Gasteiger charge is -2.16. The monoisotopic (exact) mass is 482 g/mol. The van der Waals surface area contributed by atoms with Crippen LogP contribution in [0.25, 0.3) is 22.0 Å². The van der Waals surface area contributed by atoms with Gasteiger partial charge in [-0.15, -0.1) is 11.3 Å². The summed E-state index contributed by atoms with van der Waals surface area (Å²) in [7, 11) is 2.84. The summed E-state index contributed by atoms with van der Waals surface area (Å²) < 4.78 is 36.3. The zero-order valence-corrected chi connectivity index (χ0v) is 19.6. The van der Waals surface area contributed by atoms with Crippen molar-refractivity contribution in [1.82, 2.24) is 9.97 Å². The third-order valence-corrected chi connectivity index (χ3v) is 5.67. The molecule has 0 radical (unpaired) electrons. The number of carbonyl (C=O) groups is 1. The number of hydrogen-bond donors (Lipinski definition) is 1. The molecule has 0 bridgehead atoms. The number of aromatic amines is 1. The third-order valence-electron chi connectivity index (χ3n) is 4.86. The van der Waals surface area contributed by atoms with Crippen LogP contribution >= 0.6 is 11.3 Å². The van der Waals surface area contributed by atoms with Crippen LogP contribution in [0.5, 0.6) is 17.2 Å². The number of rotatable bonds is 9. The highest BCUT2D eigenvalue weighted by atomic mass is 32.1. The molecule has 0 saturated carbocycles. The number of nitrogens with zero attached hydrogens (tertiary/aromatic N) is 1. The van der Waals surface area contributed by atoms with Crippen LogP contribution in [0.3, 0.4) is 0 Å². The maximum Gasteiger partial charge on any atom is 0.337 e. The largest absolute Gasteiger partial charge is 0.488 e. The summed E-state index contributed by atoms with van der Waals surface area (Å²) in [4.78, 5) is 19.3. The van der Waals surface area contributed by atoms with Crippen LogP contribution in [-0.2, 0) is 9.47 Å². The number of aromatic nitrogens is 2. The lowest BCUT2D eigenvalue weighted by molar-refractivity contribution is 0.0600. The molecule has 9 heteroatoms. The third kappa shape index (κ3) is 5.44. The van der Waals surface area contributed by atoms with E-state index in [2.05, 4.69) is 14.7 Å². The minimum Gasteiger partial charge on any atom is -0.488 e. The van der Waals surface area contributed by atoms with E-state index in [9.17, 15) is 9.18 Å². The van der Waals surface area contributed by atoms with Crippen molar-refractivity contribution in [2.45, 2.75) is 13.0 Å². The number of hydrogen-bond acceptors (Lipinski definition) is 7. The minimum atomic E-state index is -0.686. The molecule has 1 N–H and O–H groups in total. The molecule has 176 valence electrons. The van der Waals surface area contributed by atoms with Crippen molar-refractivity contribution in [3.8, 4) is 39.2 Å². The number of esters is 1. The molecule has 2 aromatic carbocycles. The minimum absolute atomic E-state index is 0.0318. The predicted molar refractivity (Wildman–Crippen MR) is 127 cm³/mol. The van der Waals surface area contributed by atoms with Crippen molar-refractivity contribution in [1.29, 1.82) is 0 Å². The summed E-state index contributed by atoms with van der Waals surface area (Å²) in [5, 5.41) is 2.78. The van der Waals surface area contributed by atoms with Gasteiger partial charge in [-0.05, 0) is 49.4 Å². The molecule has 0 spiro atoms. The second kappa shape index (κ2) is 10.5. The Morgan fingerprint density at radius 1 is 1.09 bits per heavy atom. The van der Waals surface area contributed by atoms with Gasteiger partial charge in [-0.2, -0.15) is 0 Å². The van der Waals surface area contributed by atoms with E-state index in [0.29, 0.717) is 18.1 Å². The number of ether oxygens (including phenoxy) is 4. The van der Waals surface area contributed by atoms with Gasteiger partial charge < -0.3 is 23.9 Å². The van der Waals surface area contributed by atoms with Crippen molar-refractivity contribution >= 4 is 17.3 Å². The van der Waals surface area contributed by atoms with Gasteiger partial charge in [0, 0.05) is 36.0 Å². The zero-order chi connectivity index (χ0) is 24.1. The topological polar surface area (TPSA) is 82.7 Å². The molecule has 2 heterocycles. The number of methoxy groups -OCH3 is 2. The highest BCUT2D eigenvalue weighted by Gasteiger charge is 2.15. The fourth-order valence-corrected chi connectivity index (χ4v) is 3.97.